The Balaban J connectivity index is 1.99. The van der Waals surface area contributed by atoms with E-state index in [9.17, 15) is 4.79 Å². The van der Waals surface area contributed by atoms with Gasteiger partial charge in [-0.25, -0.2) is 14.8 Å². The molecule has 0 spiro atoms. The van der Waals surface area contributed by atoms with E-state index in [0.717, 1.165) is 41.1 Å². The maximum Gasteiger partial charge on any atom is 0.331 e. The molecule has 0 amide bonds. The van der Waals surface area contributed by atoms with Crippen molar-refractivity contribution in [2.24, 2.45) is 0 Å². The minimum Gasteiger partial charge on any atom is -0.369 e. The Morgan fingerprint density at radius 2 is 2.04 bits per heavy atom. The molecule has 6 nitrogen and oxygen atoms in total. The predicted octanol–water partition coefficient (Wildman–Crippen LogP) is 2.81. The lowest BCUT2D eigenvalue weighted by atomic mass is 10.2. The summed E-state index contributed by atoms with van der Waals surface area (Å²) in [4.78, 5) is 22.0. The van der Waals surface area contributed by atoms with Crippen LogP contribution in [0.15, 0.2) is 33.5 Å². The highest BCUT2D eigenvalue weighted by molar-refractivity contribution is 9.10. The fraction of sp³-hybridized carbons (Fsp3) is 0.312. The molecule has 1 aromatic rings. The summed E-state index contributed by atoms with van der Waals surface area (Å²) >= 11 is 3.43. The van der Waals surface area contributed by atoms with Crippen molar-refractivity contribution in [3.05, 3.63) is 39.2 Å². The molecular formula is C16H16BrN5O. The molecule has 0 saturated carbocycles. The van der Waals surface area contributed by atoms with Crippen LogP contribution in [-0.2, 0) is 13.1 Å². The van der Waals surface area contributed by atoms with Crippen molar-refractivity contribution < 1.29 is 0 Å². The molecule has 0 aliphatic carbocycles. The minimum absolute atomic E-state index is 0.0237. The third-order valence-electron chi connectivity index (χ3n) is 4.12. The van der Waals surface area contributed by atoms with Crippen LogP contribution < -0.4 is 11.0 Å². The Hall–Kier alpha value is -2.15. The van der Waals surface area contributed by atoms with E-state index < -0.39 is 0 Å². The van der Waals surface area contributed by atoms with Gasteiger partial charge in [0.15, 0.2) is 11.6 Å². The molecule has 4 rings (SSSR count). The number of halogens is 1. The first kappa shape index (κ1) is 14.4. The number of fused-ring (bicyclic) bond motifs is 3. The number of nitrogens with zero attached hydrogens (tertiary/aromatic N) is 4. The van der Waals surface area contributed by atoms with Gasteiger partial charge >= 0.3 is 5.69 Å². The standard InChI is InChI=1S/C16H16BrN5O/c1-2-21-15-12(14-18-8-3-9-22(14)16(21)23)19-13(20-15)10-4-6-11(17)7-5-10/h4-7,18H,2-3,8-9H2,1H3. The van der Waals surface area contributed by atoms with Crippen LogP contribution in [0.5, 0.6) is 0 Å². The van der Waals surface area contributed by atoms with Crippen molar-refractivity contribution in [3.8, 4) is 22.9 Å². The molecule has 0 atom stereocenters. The zero-order valence-electron chi connectivity index (χ0n) is 12.7. The molecule has 0 unspecified atom stereocenters. The number of imidazole rings is 1. The molecule has 0 radical (unpaired) electrons. The molecular weight excluding hydrogens is 358 g/mol. The Morgan fingerprint density at radius 1 is 1.26 bits per heavy atom. The molecule has 7 heteroatoms. The molecule has 118 valence electrons. The van der Waals surface area contributed by atoms with Gasteiger partial charge in [-0.2, -0.15) is 0 Å². The van der Waals surface area contributed by atoms with Crippen molar-refractivity contribution in [1.29, 1.82) is 0 Å². The van der Waals surface area contributed by atoms with Gasteiger partial charge in [0.2, 0.25) is 0 Å². The Bertz CT molecular complexity index is 896. The molecule has 23 heavy (non-hydrogen) atoms. The predicted molar refractivity (Wildman–Crippen MR) is 92.8 cm³/mol. The largest absolute Gasteiger partial charge is 0.369 e. The zero-order chi connectivity index (χ0) is 16.0. The molecule has 0 bridgehead atoms. The number of benzene rings is 1. The molecule has 1 N–H and O–H groups in total. The first-order valence-electron chi connectivity index (χ1n) is 7.70. The number of hydrogen-bond acceptors (Lipinski definition) is 4. The van der Waals surface area contributed by atoms with Gasteiger partial charge in [-0.05, 0) is 25.5 Å². The third-order valence-corrected chi connectivity index (χ3v) is 4.65. The van der Waals surface area contributed by atoms with Crippen LogP contribution in [0.1, 0.15) is 13.3 Å². The van der Waals surface area contributed by atoms with E-state index in [2.05, 4.69) is 26.2 Å². The first-order valence-corrected chi connectivity index (χ1v) is 8.49. The molecule has 1 aromatic carbocycles. The molecule has 0 fully saturated rings. The third kappa shape index (κ3) is 2.26. The van der Waals surface area contributed by atoms with E-state index >= 15 is 0 Å². The first-order chi connectivity index (χ1) is 11.2. The normalized spacial score (nSPS) is 13.8. The van der Waals surface area contributed by atoms with Crippen LogP contribution in [-0.4, -0.2) is 25.6 Å². The number of anilines is 1. The zero-order valence-corrected chi connectivity index (χ0v) is 14.3. The monoisotopic (exact) mass is 373 g/mol. The van der Waals surface area contributed by atoms with Crippen LogP contribution in [0.25, 0.3) is 22.9 Å². The quantitative estimate of drug-likeness (QED) is 0.749. The van der Waals surface area contributed by atoms with Crippen molar-refractivity contribution >= 4 is 21.7 Å². The van der Waals surface area contributed by atoms with Gasteiger partial charge < -0.3 is 5.32 Å². The van der Waals surface area contributed by atoms with E-state index in [1.807, 2.05) is 31.2 Å². The minimum atomic E-state index is -0.0237. The summed E-state index contributed by atoms with van der Waals surface area (Å²) in [5, 5.41) is 3.31. The summed E-state index contributed by atoms with van der Waals surface area (Å²) in [7, 11) is 0. The highest BCUT2D eigenvalue weighted by Gasteiger charge is 2.26. The second kappa shape index (κ2) is 5.49. The van der Waals surface area contributed by atoms with Crippen LogP contribution in [0, 0.1) is 0 Å². The van der Waals surface area contributed by atoms with Gasteiger partial charge in [0.05, 0.1) is 0 Å². The Labute approximate surface area is 141 Å². The fourth-order valence-electron chi connectivity index (χ4n) is 2.98. The molecule has 0 saturated heterocycles. The molecule has 3 heterocycles. The maximum absolute atomic E-state index is 12.7. The van der Waals surface area contributed by atoms with Crippen molar-refractivity contribution in [3.63, 3.8) is 0 Å². The molecule has 3 aliphatic heterocycles. The number of rotatable bonds is 2. The second-order valence-electron chi connectivity index (χ2n) is 5.53. The van der Waals surface area contributed by atoms with Gasteiger partial charge in [-0.3, -0.25) is 9.13 Å². The average molecular weight is 374 g/mol. The van der Waals surface area contributed by atoms with Crippen LogP contribution in [0.2, 0.25) is 0 Å². The fourth-order valence-corrected chi connectivity index (χ4v) is 3.25. The van der Waals surface area contributed by atoms with Crippen molar-refractivity contribution in [2.45, 2.75) is 26.4 Å². The topological polar surface area (TPSA) is 64.7 Å². The van der Waals surface area contributed by atoms with E-state index in [1.165, 1.54) is 0 Å². The number of nitrogens with one attached hydrogen (secondary N) is 1. The van der Waals surface area contributed by atoms with Gasteiger partial charge in [0.1, 0.15) is 11.5 Å². The SMILES string of the molecule is CCn1c2nc(-c3ccc(Br)cc3)nc-2c2n(c1=O)CCCN2. The van der Waals surface area contributed by atoms with Gasteiger partial charge in [-0.15, -0.1) is 0 Å². The number of aromatic nitrogens is 4. The van der Waals surface area contributed by atoms with E-state index in [0.29, 0.717) is 18.2 Å². The van der Waals surface area contributed by atoms with E-state index in [-0.39, 0.29) is 5.69 Å². The summed E-state index contributed by atoms with van der Waals surface area (Å²) in [6.45, 7) is 4.11. The number of hydrogen-bond donors (Lipinski definition) is 1. The maximum atomic E-state index is 12.7. The molecule has 0 aromatic heterocycles. The lowest BCUT2D eigenvalue weighted by Gasteiger charge is -2.23. The smallest absolute Gasteiger partial charge is 0.331 e. The van der Waals surface area contributed by atoms with Crippen LogP contribution in [0.4, 0.5) is 5.82 Å². The summed E-state index contributed by atoms with van der Waals surface area (Å²) in [6, 6.07) is 7.87. The van der Waals surface area contributed by atoms with Crippen LogP contribution in [0.3, 0.4) is 0 Å². The second-order valence-corrected chi connectivity index (χ2v) is 6.45. The Kier molecular flexibility index (Phi) is 3.45. The lowest BCUT2D eigenvalue weighted by molar-refractivity contribution is 0.549. The van der Waals surface area contributed by atoms with Gasteiger partial charge in [0.25, 0.3) is 0 Å². The highest BCUT2D eigenvalue weighted by Crippen LogP contribution is 2.31. The summed E-state index contributed by atoms with van der Waals surface area (Å²) < 4.78 is 4.48. The molecule has 3 aliphatic rings. The van der Waals surface area contributed by atoms with Gasteiger partial charge in [0, 0.05) is 29.7 Å². The van der Waals surface area contributed by atoms with E-state index in [4.69, 9.17) is 4.98 Å². The van der Waals surface area contributed by atoms with E-state index in [1.54, 1.807) is 9.13 Å². The van der Waals surface area contributed by atoms with Crippen molar-refractivity contribution in [2.75, 3.05) is 11.9 Å². The average Bonchev–Trinajstić information content (AvgIpc) is 3.01. The summed E-state index contributed by atoms with van der Waals surface area (Å²) in [6.07, 6.45) is 0.940. The van der Waals surface area contributed by atoms with Crippen molar-refractivity contribution in [1.82, 2.24) is 19.1 Å². The van der Waals surface area contributed by atoms with Gasteiger partial charge in [-0.1, -0.05) is 28.1 Å². The summed E-state index contributed by atoms with van der Waals surface area (Å²) in [5.41, 5.74) is 1.68. The Morgan fingerprint density at radius 3 is 2.78 bits per heavy atom. The highest BCUT2D eigenvalue weighted by atomic mass is 79.9. The van der Waals surface area contributed by atoms with Crippen LogP contribution >= 0.6 is 15.9 Å². The lowest BCUT2D eigenvalue weighted by Crippen LogP contribution is -2.37. The summed E-state index contributed by atoms with van der Waals surface area (Å²) in [5.74, 6) is 2.09.